The Morgan fingerprint density at radius 1 is 1.83 bits per heavy atom. The van der Waals surface area contributed by atoms with Gasteiger partial charge in [-0.3, -0.25) is 0 Å². The van der Waals surface area contributed by atoms with Crippen molar-refractivity contribution in [1.82, 2.24) is 9.55 Å². The summed E-state index contributed by atoms with van der Waals surface area (Å²) in [6.07, 6.45) is 3.99. The van der Waals surface area contributed by atoms with Crippen molar-refractivity contribution >= 4 is 5.84 Å². The van der Waals surface area contributed by atoms with E-state index in [9.17, 15) is 0 Å². The molecule has 1 aromatic rings. The first-order valence-corrected chi connectivity index (χ1v) is 3.73. The Labute approximate surface area is 70.5 Å². The van der Waals surface area contributed by atoms with Crippen LogP contribution in [0.3, 0.4) is 0 Å². The molecule has 0 atom stereocenters. The van der Waals surface area contributed by atoms with E-state index >= 15 is 0 Å². The highest BCUT2D eigenvalue weighted by Gasteiger charge is 2.00. The van der Waals surface area contributed by atoms with Crippen molar-refractivity contribution in [1.29, 1.82) is 0 Å². The van der Waals surface area contributed by atoms with Gasteiger partial charge in [0.05, 0.1) is 18.4 Å². The van der Waals surface area contributed by atoms with Crippen LogP contribution in [0, 0.1) is 0 Å². The van der Waals surface area contributed by atoms with Crippen molar-refractivity contribution in [2.75, 3.05) is 0 Å². The fourth-order valence-corrected chi connectivity index (χ4v) is 0.892. The molecule has 1 heterocycles. The van der Waals surface area contributed by atoms with E-state index in [0.717, 1.165) is 12.2 Å². The van der Waals surface area contributed by atoms with E-state index in [-0.39, 0.29) is 5.84 Å². The van der Waals surface area contributed by atoms with Crippen molar-refractivity contribution in [2.24, 2.45) is 10.9 Å². The van der Waals surface area contributed by atoms with Gasteiger partial charge < -0.3 is 15.5 Å². The Kier molecular flexibility index (Phi) is 2.68. The summed E-state index contributed by atoms with van der Waals surface area (Å²) in [7, 11) is 0. The summed E-state index contributed by atoms with van der Waals surface area (Å²) < 4.78 is 1.93. The van der Waals surface area contributed by atoms with E-state index in [2.05, 4.69) is 10.1 Å². The molecule has 0 saturated carbocycles. The first-order chi connectivity index (χ1) is 5.76. The highest BCUT2D eigenvalue weighted by atomic mass is 16.4. The van der Waals surface area contributed by atoms with E-state index in [1.165, 1.54) is 0 Å². The molecule has 0 aliphatic carbocycles. The van der Waals surface area contributed by atoms with Gasteiger partial charge in [-0.05, 0) is 6.92 Å². The molecule has 5 heteroatoms. The van der Waals surface area contributed by atoms with Crippen LogP contribution in [-0.2, 0) is 13.0 Å². The van der Waals surface area contributed by atoms with Gasteiger partial charge in [0.1, 0.15) is 5.84 Å². The number of nitrogens with two attached hydrogens (primary N) is 1. The van der Waals surface area contributed by atoms with Gasteiger partial charge in [-0.2, -0.15) is 0 Å². The first kappa shape index (κ1) is 8.58. The fraction of sp³-hybridized carbons (Fsp3) is 0.429. The van der Waals surface area contributed by atoms with Crippen LogP contribution in [-0.4, -0.2) is 20.6 Å². The summed E-state index contributed by atoms with van der Waals surface area (Å²) in [5.41, 5.74) is 6.12. The predicted octanol–water partition coefficient (Wildman–Crippen LogP) is 0.192. The number of nitrogens with zero attached hydrogens (tertiary/aromatic N) is 3. The topological polar surface area (TPSA) is 76.4 Å². The quantitative estimate of drug-likeness (QED) is 0.293. The average Bonchev–Trinajstić information content (AvgIpc) is 2.52. The van der Waals surface area contributed by atoms with Crippen LogP contribution in [0.4, 0.5) is 0 Å². The standard InChI is InChI=1S/C7H12N4O/c1-2-11-4-6(9-5-11)3-7(8)10-12/h4-5,12H,2-3H2,1H3,(H2,8,10). The predicted molar refractivity (Wildman–Crippen MR) is 45.0 cm³/mol. The SMILES string of the molecule is CCn1cnc(C/C(N)=N/O)c1. The van der Waals surface area contributed by atoms with Crippen LogP contribution in [0.25, 0.3) is 0 Å². The van der Waals surface area contributed by atoms with E-state index in [0.29, 0.717) is 6.42 Å². The van der Waals surface area contributed by atoms with Crippen molar-refractivity contribution in [2.45, 2.75) is 19.9 Å². The van der Waals surface area contributed by atoms with Gasteiger partial charge in [-0.1, -0.05) is 5.16 Å². The van der Waals surface area contributed by atoms with Crippen LogP contribution >= 0.6 is 0 Å². The number of hydrogen-bond acceptors (Lipinski definition) is 3. The summed E-state index contributed by atoms with van der Waals surface area (Å²) in [6.45, 7) is 2.90. The number of imidazole rings is 1. The number of aryl methyl sites for hydroxylation is 1. The normalized spacial score (nSPS) is 11.9. The average molecular weight is 168 g/mol. The molecule has 1 rings (SSSR count). The molecule has 12 heavy (non-hydrogen) atoms. The summed E-state index contributed by atoms with van der Waals surface area (Å²) in [4.78, 5) is 4.07. The van der Waals surface area contributed by atoms with Crippen LogP contribution in [0.15, 0.2) is 17.7 Å². The first-order valence-electron chi connectivity index (χ1n) is 3.73. The molecule has 1 aromatic heterocycles. The highest BCUT2D eigenvalue weighted by Crippen LogP contribution is 1.96. The molecule has 0 bridgehead atoms. The second-order valence-corrected chi connectivity index (χ2v) is 2.46. The maximum absolute atomic E-state index is 8.29. The smallest absolute Gasteiger partial charge is 0.145 e. The number of rotatable bonds is 3. The Bertz CT molecular complexity index is 279. The molecule has 0 unspecified atom stereocenters. The van der Waals surface area contributed by atoms with Crippen molar-refractivity contribution < 1.29 is 5.21 Å². The van der Waals surface area contributed by atoms with Crippen molar-refractivity contribution in [3.05, 3.63) is 18.2 Å². The molecule has 0 aliphatic heterocycles. The van der Waals surface area contributed by atoms with E-state index in [4.69, 9.17) is 10.9 Å². The number of aromatic nitrogens is 2. The van der Waals surface area contributed by atoms with Crippen molar-refractivity contribution in [3.8, 4) is 0 Å². The summed E-state index contributed by atoms with van der Waals surface area (Å²) >= 11 is 0. The Balaban J connectivity index is 2.64. The van der Waals surface area contributed by atoms with Gasteiger partial charge in [0.25, 0.3) is 0 Å². The van der Waals surface area contributed by atoms with Gasteiger partial charge in [0.2, 0.25) is 0 Å². The lowest BCUT2D eigenvalue weighted by Gasteiger charge is -1.93. The maximum atomic E-state index is 8.29. The molecule has 3 N–H and O–H groups in total. The van der Waals surface area contributed by atoms with E-state index in [1.54, 1.807) is 6.33 Å². The summed E-state index contributed by atoms with van der Waals surface area (Å²) in [5.74, 6) is 0.177. The number of hydrogen-bond donors (Lipinski definition) is 2. The summed E-state index contributed by atoms with van der Waals surface area (Å²) in [6, 6.07) is 0. The molecule has 0 spiro atoms. The van der Waals surface area contributed by atoms with Gasteiger partial charge in [-0.25, -0.2) is 4.98 Å². The van der Waals surface area contributed by atoms with Crippen LogP contribution < -0.4 is 5.73 Å². The minimum atomic E-state index is 0.177. The third-order valence-electron chi connectivity index (χ3n) is 1.54. The Morgan fingerprint density at radius 3 is 3.08 bits per heavy atom. The molecule has 0 aromatic carbocycles. The second-order valence-electron chi connectivity index (χ2n) is 2.46. The molecule has 66 valence electrons. The van der Waals surface area contributed by atoms with Gasteiger partial charge in [-0.15, -0.1) is 0 Å². The lowest BCUT2D eigenvalue weighted by molar-refractivity contribution is 0.317. The lowest BCUT2D eigenvalue weighted by Crippen LogP contribution is -2.14. The third-order valence-corrected chi connectivity index (χ3v) is 1.54. The molecule has 0 amide bonds. The Morgan fingerprint density at radius 2 is 2.58 bits per heavy atom. The van der Waals surface area contributed by atoms with Gasteiger partial charge in [0, 0.05) is 12.7 Å². The monoisotopic (exact) mass is 168 g/mol. The van der Waals surface area contributed by atoms with Crippen molar-refractivity contribution in [3.63, 3.8) is 0 Å². The molecule has 0 aliphatic rings. The molecular weight excluding hydrogens is 156 g/mol. The zero-order valence-corrected chi connectivity index (χ0v) is 6.94. The van der Waals surface area contributed by atoms with Crippen LogP contribution in [0.2, 0.25) is 0 Å². The summed E-state index contributed by atoms with van der Waals surface area (Å²) in [5, 5.41) is 11.2. The largest absolute Gasteiger partial charge is 0.409 e. The zero-order chi connectivity index (χ0) is 8.97. The second kappa shape index (κ2) is 3.75. The Hall–Kier alpha value is -1.52. The highest BCUT2D eigenvalue weighted by molar-refractivity contribution is 5.81. The maximum Gasteiger partial charge on any atom is 0.145 e. The molecule has 0 radical (unpaired) electrons. The van der Waals surface area contributed by atoms with Gasteiger partial charge >= 0.3 is 0 Å². The minimum absolute atomic E-state index is 0.177. The molecule has 0 fully saturated rings. The minimum Gasteiger partial charge on any atom is -0.409 e. The number of amidine groups is 1. The van der Waals surface area contributed by atoms with E-state index in [1.807, 2.05) is 17.7 Å². The molecule has 5 nitrogen and oxygen atoms in total. The fourth-order valence-electron chi connectivity index (χ4n) is 0.892. The zero-order valence-electron chi connectivity index (χ0n) is 6.94. The van der Waals surface area contributed by atoms with Crippen LogP contribution in [0.1, 0.15) is 12.6 Å². The van der Waals surface area contributed by atoms with E-state index < -0.39 is 0 Å². The van der Waals surface area contributed by atoms with Crippen LogP contribution in [0.5, 0.6) is 0 Å². The lowest BCUT2D eigenvalue weighted by atomic mass is 10.3. The third kappa shape index (κ3) is 1.98. The molecule has 0 saturated heterocycles. The van der Waals surface area contributed by atoms with Gasteiger partial charge in [0.15, 0.2) is 0 Å². The number of oxime groups is 1. The molecular formula is C7H12N4O.